The molecule has 0 bridgehead atoms. The van der Waals surface area contributed by atoms with Gasteiger partial charge in [0.15, 0.2) is 0 Å². The van der Waals surface area contributed by atoms with E-state index in [9.17, 15) is 28.0 Å². The molecule has 2 aliphatic rings. The molecule has 0 aliphatic heterocycles. The van der Waals surface area contributed by atoms with Gasteiger partial charge in [-0.25, -0.2) is 8.78 Å². The summed E-state index contributed by atoms with van der Waals surface area (Å²) >= 11 is 12.3. The summed E-state index contributed by atoms with van der Waals surface area (Å²) in [5.74, 6) is -2.95. The van der Waals surface area contributed by atoms with Crippen molar-refractivity contribution in [2.75, 3.05) is 0 Å². The lowest BCUT2D eigenvalue weighted by Gasteiger charge is -2.36. The average Bonchev–Trinajstić information content (AvgIpc) is 3.87. The molecule has 0 saturated heterocycles. The van der Waals surface area contributed by atoms with Crippen LogP contribution in [-0.4, -0.2) is 43.4 Å². The summed E-state index contributed by atoms with van der Waals surface area (Å²) in [4.78, 5) is 64.3. The number of hydrogen-bond acceptors (Lipinski definition) is 6. The van der Waals surface area contributed by atoms with Crippen LogP contribution in [0.5, 0.6) is 0 Å². The van der Waals surface area contributed by atoms with Gasteiger partial charge in [0, 0.05) is 33.8 Å². The second-order valence-electron chi connectivity index (χ2n) is 15.1. The normalized spacial score (nSPS) is 15.9. The van der Waals surface area contributed by atoms with E-state index < -0.39 is 59.4 Å². The lowest BCUT2D eigenvalue weighted by atomic mass is 9.97. The molecule has 4 aromatic carbocycles. The van der Waals surface area contributed by atoms with E-state index >= 15 is 0 Å². The lowest BCUT2D eigenvalue weighted by molar-refractivity contribution is -0.124. The SMILES string of the molecule is Cc1ncccc1C(=O)N([C@@H]1CCc2c(F)cc(Cl)cc21)[C@@H](C(N)=O)c1ccccc1.Cc1ncccc1C(=O)N([C@@H]1CCc2c(F)cc(Cl)cc21)[C@H](C(N)=O)c1ccccc1. The molecule has 4 amide bonds. The highest BCUT2D eigenvalue weighted by molar-refractivity contribution is 6.31. The fourth-order valence-electron chi connectivity index (χ4n) is 8.59. The van der Waals surface area contributed by atoms with Gasteiger partial charge in [-0.2, -0.15) is 0 Å². The molecule has 62 heavy (non-hydrogen) atoms. The predicted molar refractivity (Wildman–Crippen MR) is 232 cm³/mol. The van der Waals surface area contributed by atoms with E-state index in [4.69, 9.17) is 34.7 Å². The first-order valence-corrected chi connectivity index (χ1v) is 20.6. The Labute approximate surface area is 367 Å². The Morgan fingerprint density at radius 1 is 0.597 bits per heavy atom. The van der Waals surface area contributed by atoms with Gasteiger partial charge in [0.05, 0.1) is 23.2 Å². The maximum atomic E-state index is 14.6. The van der Waals surface area contributed by atoms with Crippen molar-refractivity contribution in [1.29, 1.82) is 0 Å². The molecule has 4 N–H and O–H groups in total. The number of fused-ring (bicyclic) bond motifs is 2. The summed E-state index contributed by atoms with van der Waals surface area (Å²) in [5.41, 5.74) is 16.8. The molecule has 4 atom stereocenters. The van der Waals surface area contributed by atoms with Crippen molar-refractivity contribution in [3.05, 3.63) is 199 Å². The van der Waals surface area contributed by atoms with E-state index in [1.807, 2.05) is 12.1 Å². The lowest BCUT2D eigenvalue weighted by Crippen LogP contribution is -2.43. The Kier molecular flexibility index (Phi) is 13.1. The number of primary amides is 2. The van der Waals surface area contributed by atoms with Crippen LogP contribution in [0.2, 0.25) is 10.0 Å². The molecule has 0 spiro atoms. The number of benzene rings is 4. The summed E-state index contributed by atoms with van der Waals surface area (Å²) in [6, 6.07) is 27.1. The highest BCUT2D eigenvalue weighted by atomic mass is 35.5. The van der Waals surface area contributed by atoms with Crippen molar-refractivity contribution >= 4 is 46.8 Å². The van der Waals surface area contributed by atoms with Crippen LogP contribution >= 0.6 is 23.2 Å². The van der Waals surface area contributed by atoms with Gasteiger partial charge in [-0.3, -0.25) is 29.1 Å². The number of amides is 4. The Morgan fingerprint density at radius 3 is 1.31 bits per heavy atom. The van der Waals surface area contributed by atoms with Gasteiger partial charge in [0.1, 0.15) is 23.7 Å². The molecule has 2 heterocycles. The molecule has 6 aromatic rings. The number of nitrogens with zero attached hydrogens (tertiary/aromatic N) is 4. The van der Waals surface area contributed by atoms with Crippen molar-refractivity contribution in [3.63, 3.8) is 0 Å². The minimum absolute atomic E-state index is 0.239. The number of carbonyl (C=O) groups excluding carboxylic acids is 4. The van der Waals surface area contributed by atoms with Crippen LogP contribution in [0, 0.1) is 25.5 Å². The number of pyridine rings is 2. The summed E-state index contributed by atoms with van der Waals surface area (Å²) in [5, 5.41) is 0.479. The van der Waals surface area contributed by atoms with E-state index in [1.165, 1.54) is 21.9 Å². The topological polar surface area (TPSA) is 153 Å². The smallest absolute Gasteiger partial charge is 0.257 e. The molecule has 0 unspecified atom stereocenters. The zero-order chi connectivity index (χ0) is 44.2. The molecule has 2 aliphatic carbocycles. The predicted octanol–water partition coefficient (Wildman–Crippen LogP) is 9.08. The first-order chi connectivity index (χ1) is 29.8. The van der Waals surface area contributed by atoms with Gasteiger partial charge in [-0.1, -0.05) is 83.9 Å². The van der Waals surface area contributed by atoms with Crippen molar-refractivity contribution in [2.24, 2.45) is 11.5 Å². The monoisotopic (exact) mass is 874 g/mol. The van der Waals surface area contributed by atoms with Gasteiger partial charge in [0.25, 0.3) is 11.8 Å². The number of halogens is 4. The average molecular weight is 876 g/mol. The molecule has 0 saturated carbocycles. The first kappa shape index (κ1) is 43.6. The van der Waals surface area contributed by atoms with Gasteiger partial charge in [-0.05, 0) is 121 Å². The number of nitrogens with two attached hydrogens (primary N) is 2. The zero-order valence-electron chi connectivity index (χ0n) is 33.8. The van der Waals surface area contributed by atoms with E-state index in [2.05, 4.69) is 9.97 Å². The maximum Gasteiger partial charge on any atom is 0.257 e. The highest BCUT2D eigenvalue weighted by Gasteiger charge is 2.42. The molecule has 2 aromatic heterocycles. The Balaban J connectivity index is 0.000000186. The number of aromatic nitrogens is 2. The summed E-state index contributed by atoms with van der Waals surface area (Å²) < 4.78 is 29.1. The van der Waals surface area contributed by atoms with Gasteiger partial charge < -0.3 is 21.3 Å². The van der Waals surface area contributed by atoms with Crippen LogP contribution in [0.3, 0.4) is 0 Å². The van der Waals surface area contributed by atoms with Crippen LogP contribution in [0.1, 0.15) is 102 Å². The highest BCUT2D eigenvalue weighted by Crippen LogP contribution is 2.45. The quantitative estimate of drug-likeness (QED) is 0.140. The number of aryl methyl sites for hydroxylation is 2. The van der Waals surface area contributed by atoms with Crippen molar-refractivity contribution in [3.8, 4) is 0 Å². The van der Waals surface area contributed by atoms with Gasteiger partial charge >= 0.3 is 0 Å². The van der Waals surface area contributed by atoms with Crippen LogP contribution < -0.4 is 11.5 Å². The Morgan fingerprint density at radius 2 is 0.968 bits per heavy atom. The fourth-order valence-corrected chi connectivity index (χ4v) is 9.02. The number of rotatable bonds is 10. The zero-order valence-corrected chi connectivity index (χ0v) is 35.3. The summed E-state index contributed by atoms with van der Waals surface area (Å²) in [6.07, 6.45) is 4.96. The number of hydrogen-bond donors (Lipinski definition) is 2. The fraction of sp³-hybridized carbons (Fsp3) is 0.208. The molecular formula is C48H42Cl2F2N6O4. The van der Waals surface area contributed by atoms with E-state index in [1.54, 1.807) is 111 Å². The van der Waals surface area contributed by atoms with E-state index in [0.29, 0.717) is 81.6 Å². The number of carbonyl (C=O) groups is 4. The molecule has 0 fully saturated rings. The second-order valence-corrected chi connectivity index (χ2v) is 16.0. The minimum atomic E-state index is -1.04. The van der Waals surface area contributed by atoms with Gasteiger partial charge in [0.2, 0.25) is 11.8 Å². The molecule has 316 valence electrons. The largest absolute Gasteiger partial charge is 0.368 e. The maximum absolute atomic E-state index is 14.6. The third kappa shape index (κ3) is 8.79. The summed E-state index contributed by atoms with van der Waals surface area (Å²) in [7, 11) is 0. The van der Waals surface area contributed by atoms with Crippen molar-refractivity contribution in [1.82, 2.24) is 19.8 Å². The van der Waals surface area contributed by atoms with E-state index in [-0.39, 0.29) is 10.0 Å². The van der Waals surface area contributed by atoms with Crippen LogP contribution in [0.15, 0.2) is 122 Å². The van der Waals surface area contributed by atoms with Crippen molar-refractivity contribution < 1.29 is 28.0 Å². The second kappa shape index (κ2) is 18.6. The van der Waals surface area contributed by atoms with Crippen LogP contribution in [0.4, 0.5) is 8.78 Å². The third-order valence-electron chi connectivity index (χ3n) is 11.4. The summed E-state index contributed by atoms with van der Waals surface area (Å²) in [6.45, 7) is 3.46. The Hall–Kier alpha value is -6.50. The molecule has 10 nitrogen and oxygen atoms in total. The third-order valence-corrected chi connectivity index (χ3v) is 11.8. The Bertz CT molecular complexity index is 2490. The molecule has 8 rings (SSSR count). The molecule has 0 radical (unpaired) electrons. The van der Waals surface area contributed by atoms with E-state index in [0.717, 1.165) is 0 Å². The van der Waals surface area contributed by atoms with Gasteiger partial charge in [-0.15, -0.1) is 0 Å². The van der Waals surface area contributed by atoms with Crippen LogP contribution in [0.25, 0.3) is 0 Å². The standard InChI is InChI=1S/2C24H21ClFN3O2/c2*1-14-17(8-5-11-28-14)24(31)29(22(23(27)30)15-6-3-2-4-7-15)21-10-9-18-19(21)12-16(25)13-20(18)26/h2*2-8,11-13,21-22H,9-10H2,1H3,(H2,27,30)/t21-,22+;21-,22-/m11/s1. The molecular weight excluding hydrogens is 833 g/mol. The first-order valence-electron chi connectivity index (χ1n) is 19.9. The minimum Gasteiger partial charge on any atom is -0.368 e. The van der Waals surface area contributed by atoms with Crippen LogP contribution in [-0.2, 0) is 22.4 Å². The molecule has 14 heteroatoms. The van der Waals surface area contributed by atoms with Crippen molar-refractivity contribution in [2.45, 2.75) is 63.7 Å².